The number of para-hydroxylation sites is 4. The molecule has 66 heavy (non-hydrogen) atoms. The Labute approximate surface area is 381 Å². The summed E-state index contributed by atoms with van der Waals surface area (Å²) in [5, 5.41) is 31.0. The van der Waals surface area contributed by atoms with Crippen LogP contribution in [0.25, 0.3) is 76.2 Å². The molecule has 0 radical (unpaired) electrons. The van der Waals surface area contributed by atoms with Crippen LogP contribution in [-0.2, 0) is 0 Å². The lowest BCUT2D eigenvalue weighted by atomic mass is 9.84. The van der Waals surface area contributed by atoms with E-state index in [0.717, 1.165) is 88.8 Å². The Morgan fingerprint density at radius 2 is 0.758 bits per heavy atom. The topological polar surface area (TPSA) is 80.3 Å². The highest BCUT2D eigenvalue weighted by Gasteiger charge is 2.28. The van der Waals surface area contributed by atoms with Crippen LogP contribution in [0.15, 0.2) is 179 Å². The van der Waals surface area contributed by atoms with Crippen molar-refractivity contribution in [3.05, 3.63) is 192 Å². The molecule has 0 spiro atoms. The van der Waals surface area contributed by atoms with Crippen LogP contribution in [0.3, 0.4) is 0 Å². The molecule has 0 N–H and O–H groups in total. The molecule has 314 valence electrons. The Kier molecular flexibility index (Phi) is 8.88. The Balaban J connectivity index is 1.21. The number of rotatable bonds is 8. The van der Waals surface area contributed by atoms with E-state index in [2.05, 4.69) is 147 Å². The van der Waals surface area contributed by atoms with Crippen molar-refractivity contribution in [3.63, 3.8) is 0 Å². The highest BCUT2D eigenvalue weighted by atomic mass is 16.3. The van der Waals surface area contributed by atoms with E-state index in [9.17, 15) is 10.5 Å². The van der Waals surface area contributed by atoms with Gasteiger partial charge < -0.3 is 18.6 Å². The zero-order chi connectivity index (χ0) is 44.8. The molecule has 0 saturated heterocycles. The minimum atomic E-state index is 0.183. The Bertz CT molecular complexity index is 3710. The number of furan rings is 2. The molecular formula is C60H42N4O2. The zero-order valence-electron chi connectivity index (χ0n) is 36.9. The third kappa shape index (κ3) is 5.86. The van der Waals surface area contributed by atoms with Gasteiger partial charge in [0, 0.05) is 43.7 Å². The van der Waals surface area contributed by atoms with Gasteiger partial charge in [-0.2, -0.15) is 10.5 Å². The van der Waals surface area contributed by atoms with Crippen molar-refractivity contribution in [2.45, 2.75) is 39.5 Å². The van der Waals surface area contributed by atoms with Crippen molar-refractivity contribution >= 4 is 110 Å². The zero-order valence-corrected chi connectivity index (χ0v) is 36.9. The van der Waals surface area contributed by atoms with Crippen LogP contribution in [0.1, 0.15) is 61.8 Å². The van der Waals surface area contributed by atoms with Gasteiger partial charge >= 0.3 is 0 Å². The van der Waals surface area contributed by atoms with Gasteiger partial charge in [-0.25, -0.2) is 0 Å². The molecule has 0 aliphatic heterocycles. The number of nitriles is 2. The minimum absolute atomic E-state index is 0.183. The monoisotopic (exact) mass is 850 g/mol. The van der Waals surface area contributed by atoms with Crippen LogP contribution >= 0.6 is 0 Å². The molecule has 0 saturated carbocycles. The van der Waals surface area contributed by atoms with E-state index >= 15 is 0 Å². The lowest BCUT2D eigenvalue weighted by molar-refractivity contribution is 0.668. The molecule has 0 atom stereocenters. The van der Waals surface area contributed by atoms with Crippen molar-refractivity contribution in [3.8, 4) is 12.1 Å². The van der Waals surface area contributed by atoms with Crippen molar-refractivity contribution in [2.75, 3.05) is 9.80 Å². The number of hydrogen-bond acceptors (Lipinski definition) is 6. The highest BCUT2D eigenvalue weighted by Crippen LogP contribution is 2.53. The fourth-order valence-electron chi connectivity index (χ4n) is 10.3. The van der Waals surface area contributed by atoms with Gasteiger partial charge in [-0.3, -0.25) is 0 Å². The number of hydrogen-bond donors (Lipinski definition) is 0. The van der Waals surface area contributed by atoms with Gasteiger partial charge in [0.2, 0.25) is 0 Å². The lowest BCUT2D eigenvalue weighted by Gasteiger charge is -2.31. The molecule has 0 fully saturated rings. The summed E-state index contributed by atoms with van der Waals surface area (Å²) < 4.78 is 13.5. The maximum absolute atomic E-state index is 9.90. The first-order valence-electron chi connectivity index (χ1n) is 22.5. The van der Waals surface area contributed by atoms with Gasteiger partial charge in [0.15, 0.2) is 11.2 Å². The summed E-state index contributed by atoms with van der Waals surface area (Å²) in [4.78, 5) is 4.64. The predicted molar refractivity (Wildman–Crippen MR) is 272 cm³/mol. The van der Waals surface area contributed by atoms with Gasteiger partial charge in [-0.15, -0.1) is 0 Å². The molecule has 12 rings (SSSR count). The third-order valence-corrected chi connectivity index (χ3v) is 13.4. The molecule has 0 aliphatic rings. The molecule has 12 aromatic rings. The van der Waals surface area contributed by atoms with E-state index in [1.807, 2.05) is 72.8 Å². The molecule has 0 amide bonds. The number of fused-ring (bicyclic) bond motifs is 6. The first kappa shape index (κ1) is 39.0. The summed E-state index contributed by atoms with van der Waals surface area (Å²) in [7, 11) is 0. The van der Waals surface area contributed by atoms with Crippen molar-refractivity contribution in [2.24, 2.45) is 0 Å². The molecule has 6 heteroatoms. The second-order valence-corrected chi connectivity index (χ2v) is 17.8. The average molecular weight is 851 g/mol. The van der Waals surface area contributed by atoms with Gasteiger partial charge in [0.1, 0.15) is 11.2 Å². The summed E-state index contributed by atoms with van der Waals surface area (Å²) in [5.74, 6) is 0.367. The second kappa shape index (κ2) is 15.0. The molecule has 0 unspecified atom stereocenters. The number of nitrogens with zero attached hydrogens (tertiary/aromatic N) is 4. The van der Waals surface area contributed by atoms with Crippen molar-refractivity contribution in [1.82, 2.24) is 0 Å². The second-order valence-electron chi connectivity index (χ2n) is 17.8. The van der Waals surface area contributed by atoms with Gasteiger partial charge in [-0.05, 0) is 129 Å². The SMILES string of the molecule is CC(C)c1cc(N(c2ccc(C#N)cc2)c2cccc3c2oc2ccccc23)c2ccc3c(C(C)C)cc(N(c4ccc(C#N)cc4)c4cccc5c4oc4ccccc45)c4ccc1c2c34. The molecule has 6 nitrogen and oxygen atoms in total. The summed E-state index contributed by atoms with van der Waals surface area (Å²) in [6.45, 7) is 9.09. The normalized spacial score (nSPS) is 11.9. The molecule has 2 heterocycles. The lowest BCUT2D eigenvalue weighted by Crippen LogP contribution is -2.13. The summed E-state index contributed by atoms with van der Waals surface area (Å²) in [5.41, 5.74) is 12.6. The van der Waals surface area contributed by atoms with Gasteiger partial charge in [0.05, 0.1) is 46.0 Å². The van der Waals surface area contributed by atoms with Crippen molar-refractivity contribution < 1.29 is 8.83 Å². The van der Waals surface area contributed by atoms with Crippen LogP contribution in [0.2, 0.25) is 0 Å². The molecule has 2 aromatic heterocycles. The largest absolute Gasteiger partial charge is 0.454 e. The van der Waals surface area contributed by atoms with E-state index in [1.54, 1.807) is 0 Å². The molecule has 0 bridgehead atoms. The van der Waals surface area contributed by atoms with E-state index in [1.165, 1.54) is 32.7 Å². The first-order valence-corrected chi connectivity index (χ1v) is 22.5. The van der Waals surface area contributed by atoms with Gasteiger partial charge in [0.25, 0.3) is 0 Å². The van der Waals surface area contributed by atoms with Gasteiger partial charge in [-0.1, -0.05) is 113 Å². The maximum Gasteiger partial charge on any atom is 0.159 e. The van der Waals surface area contributed by atoms with Crippen LogP contribution in [0.4, 0.5) is 34.1 Å². The predicted octanol–water partition coefficient (Wildman–Crippen LogP) is 17.3. The fourth-order valence-corrected chi connectivity index (χ4v) is 10.3. The number of benzene rings is 10. The highest BCUT2D eigenvalue weighted by molar-refractivity contribution is 6.30. The third-order valence-electron chi connectivity index (χ3n) is 13.4. The Hall–Kier alpha value is -8.58. The van der Waals surface area contributed by atoms with Crippen LogP contribution in [0.5, 0.6) is 0 Å². The first-order chi connectivity index (χ1) is 32.3. The molecular weight excluding hydrogens is 809 g/mol. The maximum atomic E-state index is 9.90. The van der Waals surface area contributed by atoms with E-state index in [4.69, 9.17) is 8.83 Å². The number of anilines is 6. The molecule has 10 aromatic carbocycles. The Morgan fingerprint density at radius 3 is 1.15 bits per heavy atom. The van der Waals surface area contributed by atoms with Crippen molar-refractivity contribution in [1.29, 1.82) is 10.5 Å². The summed E-state index contributed by atoms with van der Waals surface area (Å²) >= 11 is 0. The van der Waals surface area contributed by atoms with E-state index in [0.29, 0.717) is 11.1 Å². The quantitative estimate of drug-likeness (QED) is 0.142. The average Bonchev–Trinajstić information content (AvgIpc) is 3.94. The van der Waals surface area contributed by atoms with Crippen LogP contribution < -0.4 is 9.80 Å². The fraction of sp³-hybridized carbons (Fsp3) is 0.100. The van der Waals surface area contributed by atoms with Crippen LogP contribution in [-0.4, -0.2) is 0 Å². The standard InChI is InChI=1S/C60H42N4O2/c1-35(2)49-31-53(63(39-23-19-37(33-61)20-24-39)51-15-9-13-45-41-11-5-7-17-55(41)65-59(45)51)47-30-28-44-50(36(3)4)32-54(48-29-27-43(49)57(47)58(44)48)64(40-25-21-38(34-62)22-26-40)52-16-10-14-46-42-12-6-8-18-56(42)66-60(46)52/h5-32,35-36H,1-4H3. The minimum Gasteiger partial charge on any atom is -0.454 e. The summed E-state index contributed by atoms with van der Waals surface area (Å²) in [6, 6.07) is 63.5. The van der Waals surface area contributed by atoms with E-state index < -0.39 is 0 Å². The summed E-state index contributed by atoms with van der Waals surface area (Å²) in [6.07, 6.45) is 0. The molecule has 0 aliphatic carbocycles. The smallest absolute Gasteiger partial charge is 0.159 e. The Morgan fingerprint density at radius 1 is 0.379 bits per heavy atom. The van der Waals surface area contributed by atoms with E-state index in [-0.39, 0.29) is 11.8 Å². The van der Waals surface area contributed by atoms with Crippen LogP contribution in [0, 0.1) is 22.7 Å².